The van der Waals surface area contributed by atoms with E-state index < -0.39 is 58.4 Å². The van der Waals surface area contributed by atoms with Crippen LogP contribution in [-0.2, 0) is 32.7 Å². The molecular weight excluding hydrogens is 503 g/mol. The second kappa shape index (κ2) is 23.1. The van der Waals surface area contributed by atoms with Crippen molar-refractivity contribution >= 4 is 19.8 Å². The van der Waals surface area contributed by atoms with Crippen LogP contribution in [0.25, 0.3) is 0 Å². The van der Waals surface area contributed by atoms with Crippen LogP contribution in [0.15, 0.2) is 48.6 Å². The van der Waals surface area contributed by atoms with E-state index >= 15 is 0 Å². The van der Waals surface area contributed by atoms with E-state index in [1.54, 1.807) is 0 Å². The maximum atomic E-state index is 12.0. The van der Waals surface area contributed by atoms with Crippen molar-refractivity contribution < 1.29 is 47.8 Å². The van der Waals surface area contributed by atoms with Crippen LogP contribution < -0.4 is 0 Å². The fourth-order valence-electron chi connectivity index (χ4n) is 2.75. The van der Waals surface area contributed by atoms with Gasteiger partial charge in [-0.25, -0.2) is 4.57 Å². The Morgan fingerprint density at radius 3 is 1.76 bits per heavy atom. The van der Waals surface area contributed by atoms with Crippen LogP contribution in [0.5, 0.6) is 0 Å². The molecule has 0 heterocycles. The van der Waals surface area contributed by atoms with Crippen LogP contribution in [0, 0.1) is 0 Å². The molecular formula is C26H43O10P. The number of hydrogen-bond donors (Lipinski definition) is 3. The Bertz CT molecular complexity index is 775. The molecule has 3 atom stereocenters. The van der Waals surface area contributed by atoms with Crippen LogP contribution in [0.1, 0.15) is 65.2 Å². The summed E-state index contributed by atoms with van der Waals surface area (Å²) in [7, 11) is -4.59. The van der Waals surface area contributed by atoms with E-state index in [0.29, 0.717) is 6.42 Å². The molecule has 3 N–H and O–H groups in total. The Balaban J connectivity index is 4.03. The molecule has 0 aliphatic carbocycles. The van der Waals surface area contributed by atoms with E-state index in [0.717, 1.165) is 45.4 Å². The van der Waals surface area contributed by atoms with Gasteiger partial charge in [-0.05, 0) is 44.9 Å². The molecule has 0 rings (SSSR count). The molecule has 0 amide bonds. The third kappa shape index (κ3) is 22.8. The topological polar surface area (TPSA) is 149 Å². The number of ether oxygens (including phenoxy) is 2. The molecule has 0 aromatic carbocycles. The average Bonchev–Trinajstić information content (AvgIpc) is 2.86. The predicted octanol–water partition coefficient (Wildman–Crippen LogP) is 4.31. The number of carbonyl (C=O) groups is 2. The maximum Gasteiger partial charge on any atom is 0.472 e. The van der Waals surface area contributed by atoms with E-state index in [9.17, 15) is 24.2 Å². The van der Waals surface area contributed by atoms with Gasteiger partial charge >= 0.3 is 19.8 Å². The average molecular weight is 547 g/mol. The van der Waals surface area contributed by atoms with Gasteiger partial charge in [0.25, 0.3) is 0 Å². The third-order valence-electron chi connectivity index (χ3n) is 4.61. The van der Waals surface area contributed by atoms with Gasteiger partial charge in [0.05, 0.1) is 26.4 Å². The van der Waals surface area contributed by atoms with Crippen molar-refractivity contribution in [2.45, 2.75) is 77.4 Å². The Kier molecular flexibility index (Phi) is 21.8. The number of allylic oxidation sites excluding steroid dienone is 8. The van der Waals surface area contributed by atoms with Crippen LogP contribution in [-0.4, -0.2) is 65.7 Å². The quantitative estimate of drug-likeness (QED) is 0.0776. The minimum atomic E-state index is -4.59. The van der Waals surface area contributed by atoms with Crippen molar-refractivity contribution in [3.8, 4) is 0 Å². The lowest BCUT2D eigenvalue weighted by Crippen LogP contribution is -2.28. The number of esters is 2. The smallest absolute Gasteiger partial charge is 0.458 e. The standard InChI is InChI=1S/C26H43O10P/c1-3-4-5-6-7-8-9-10-11-12-13-14-15-16-17-18-26(30)36-25(20-28)22-34-37(31,32)33-21-24(19-27)35-23(2)29/h4-5,7-8,10-11,13-14,24-25,27-28H,3,6,9,12,15-22H2,1-2H3,(H,31,32)/b5-4-,8-7-,11-10-,14-13-. The molecule has 0 aliphatic heterocycles. The predicted molar refractivity (Wildman–Crippen MR) is 141 cm³/mol. The third-order valence-corrected chi connectivity index (χ3v) is 5.56. The van der Waals surface area contributed by atoms with E-state index in [1.807, 2.05) is 0 Å². The molecule has 0 aromatic heterocycles. The van der Waals surface area contributed by atoms with Crippen molar-refractivity contribution in [3.05, 3.63) is 48.6 Å². The fourth-order valence-corrected chi connectivity index (χ4v) is 3.53. The Hall–Kier alpha value is -2.07. The number of phosphoric acid groups is 1. The van der Waals surface area contributed by atoms with Crippen molar-refractivity contribution in [3.63, 3.8) is 0 Å². The normalized spacial score (nSPS) is 15.5. The molecule has 0 saturated carbocycles. The summed E-state index contributed by atoms with van der Waals surface area (Å²) < 4.78 is 31.0. The molecule has 11 heteroatoms. The molecule has 0 spiro atoms. The van der Waals surface area contributed by atoms with E-state index in [1.165, 1.54) is 0 Å². The first-order chi connectivity index (χ1) is 17.7. The Labute approximate surface area is 220 Å². The maximum absolute atomic E-state index is 12.0. The summed E-state index contributed by atoms with van der Waals surface area (Å²) in [4.78, 5) is 32.5. The molecule has 37 heavy (non-hydrogen) atoms. The highest BCUT2D eigenvalue weighted by Crippen LogP contribution is 2.43. The van der Waals surface area contributed by atoms with Crippen molar-refractivity contribution in [2.24, 2.45) is 0 Å². The lowest BCUT2D eigenvalue weighted by atomic mass is 10.2. The molecule has 0 aromatic rings. The van der Waals surface area contributed by atoms with Gasteiger partial charge in [-0.15, -0.1) is 0 Å². The van der Waals surface area contributed by atoms with Crippen LogP contribution in [0.3, 0.4) is 0 Å². The minimum absolute atomic E-state index is 0.137. The molecule has 0 bridgehead atoms. The minimum Gasteiger partial charge on any atom is -0.458 e. The molecule has 3 unspecified atom stereocenters. The summed E-state index contributed by atoms with van der Waals surface area (Å²) in [6.45, 7) is 0.854. The number of aliphatic hydroxyl groups is 2. The Morgan fingerprint density at radius 2 is 1.27 bits per heavy atom. The van der Waals surface area contributed by atoms with Gasteiger partial charge in [0.2, 0.25) is 0 Å². The van der Waals surface area contributed by atoms with Gasteiger partial charge in [-0.3, -0.25) is 18.6 Å². The first kappa shape index (κ1) is 34.9. The van der Waals surface area contributed by atoms with Crippen molar-refractivity contribution in [2.75, 3.05) is 26.4 Å². The molecule has 0 fully saturated rings. The second-order valence-electron chi connectivity index (χ2n) is 8.02. The van der Waals surface area contributed by atoms with Gasteiger partial charge in [0.15, 0.2) is 0 Å². The van der Waals surface area contributed by atoms with E-state index in [-0.39, 0.29) is 6.42 Å². The van der Waals surface area contributed by atoms with Gasteiger partial charge in [-0.2, -0.15) is 0 Å². The summed E-state index contributed by atoms with van der Waals surface area (Å²) in [5.74, 6) is -1.25. The summed E-state index contributed by atoms with van der Waals surface area (Å²) in [5, 5.41) is 18.4. The summed E-state index contributed by atoms with van der Waals surface area (Å²) in [5.41, 5.74) is 0. The number of aliphatic hydroxyl groups excluding tert-OH is 2. The molecule has 10 nitrogen and oxygen atoms in total. The monoisotopic (exact) mass is 546 g/mol. The van der Waals surface area contributed by atoms with Crippen molar-refractivity contribution in [1.29, 1.82) is 0 Å². The lowest BCUT2D eigenvalue weighted by molar-refractivity contribution is -0.153. The molecule has 0 aliphatic rings. The Morgan fingerprint density at radius 1 is 0.784 bits per heavy atom. The van der Waals surface area contributed by atoms with Gasteiger partial charge < -0.3 is 24.6 Å². The van der Waals surface area contributed by atoms with Crippen LogP contribution in [0.2, 0.25) is 0 Å². The second-order valence-corrected chi connectivity index (χ2v) is 9.47. The zero-order valence-electron chi connectivity index (χ0n) is 21.9. The molecule has 0 radical (unpaired) electrons. The van der Waals surface area contributed by atoms with Gasteiger partial charge in [-0.1, -0.05) is 55.5 Å². The van der Waals surface area contributed by atoms with Crippen LogP contribution >= 0.6 is 7.82 Å². The zero-order valence-corrected chi connectivity index (χ0v) is 22.8. The fraction of sp³-hybridized carbons (Fsp3) is 0.615. The van der Waals surface area contributed by atoms with Gasteiger partial charge in [0, 0.05) is 13.3 Å². The highest BCUT2D eigenvalue weighted by Gasteiger charge is 2.27. The number of rotatable bonds is 22. The highest BCUT2D eigenvalue weighted by molar-refractivity contribution is 7.47. The molecule has 212 valence electrons. The summed E-state index contributed by atoms with van der Waals surface area (Å²) in [6.07, 6.45) is 20.8. The van der Waals surface area contributed by atoms with E-state index in [2.05, 4.69) is 64.8 Å². The molecule has 0 saturated heterocycles. The van der Waals surface area contributed by atoms with Crippen LogP contribution in [0.4, 0.5) is 0 Å². The largest absolute Gasteiger partial charge is 0.472 e. The highest BCUT2D eigenvalue weighted by atomic mass is 31.2. The summed E-state index contributed by atoms with van der Waals surface area (Å²) >= 11 is 0. The summed E-state index contributed by atoms with van der Waals surface area (Å²) in [6, 6.07) is 0. The van der Waals surface area contributed by atoms with E-state index in [4.69, 9.17) is 14.4 Å². The first-order valence-electron chi connectivity index (χ1n) is 12.5. The first-order valence-corrected chi connectivity index (χ1v) is 14.0. The number of unbranched alkanes of at least 4 members (excludes halogenated alkanes) is 2. The lowest BCUT2D eigenvalue weighted by Gasteiger charge is -2.19. The number of phosphoric ester groups is 1. The number of carbonyl (C=O) groups excluding carboxylic acids is 2. The SMILES string of the molecule is CC/C=C\C/C=C\C/C=C\C/C=C\CCCCC(=O)OC(CO)COP(=O)(O)OCC(CO)OC(C)=O. The van der Waals surface area contributed by atoms with Crippen molar-refractivity contribution in [1.82, 2.24) is 0 Å². The van der Waals surface area contributed by atoms with Gasteiger partial charge in [0.1, 0.15) is 12.2 Å². The number of hydrogen-bond acceptors (Lipinski definition) is 9. The zero-order chi connectivity index (χ0) is 27.8.